The molecule has 2 fully saturated rings. The number of piperazine rings is 2. The van der Waals surface area contributed by atoms with Crippen LogP contribution in [0.4, 0.5) is 10.9 Å². The van der Waals surface area contributed by atoms with Gasteiger partial charge in [0.15, 0.2) is 22.5 Å². The number of carbonyl (C=O) groups excluding carboxylic acids is 3. The van der Waals surface area contributed by atoms with Crippen LogP contribution in [0.1, 0.15) is 101 Å². The molecule has 8 heterocycles. The predicted molar refractivity (Wildman–Crippen MR) is 377 cm³/mol. The van der Waals surface area contributed by atoms with Crippen molar-refractivity contribution in [1.29, 1.82) is 0 Å². The van der Waals surface area contributed by atoms with Gasteiger partial charge in [-0.15, -0.1) is 22.7 Å². The van der Waals surface area contributed by atoms with E-state index in [1.165, 1.54) is 46.3 Å². The molecule has 9 aromatic rings. The molecular formula is C65H72Cl6N14O5S3. The van der Waals surface area contributed by atoms with Crippen molar-refractivity contribution in [3.05, 3.63) is 209 Å². The van der Waals surface area contributed by atoms with Gasteiger partial charge in [-0.25, -0.2) is 44.9 Å². The minimum atomic E-state index is -0.00426. The summed E-state index contributed by atoms with van der Waals surface area (Å²) in [7, 11) is 0. The van der Waals surface area contributed by atoms with Crippen molar-refractivity contribution in [3.8, 4) is 0 Å². The summed E-state index contributed by atoms with van der Waals surface area (Å²) in [6.45, 7) is 21.2. The Balaban J connectivity index is 0.000000179. The normalized spacial score (nSPS) is 13.1. The number of hydrogen-bond acceptors (Lipinski definition) is 22. The number of β-amino-alcohol motifs (C(OH)–C–C–N with tert-alkyl or cyclic N) is 2. The zero-order valence-electron chi connectivity index (χ0n) is 52.2. The molecule has 0 radical (unpaired) electrons. The second-order valence-corrected chi connectivity index (χ2v) is 27.2. The molecule has 0 unspecified atom stereocenters. The number of rotatable bonds is 18. The number of thiazole rings is 3. The monoisotopic (exact) mass is 1430 g/mol. The Morgan fingerprint density at radius 2 is 0.882 bits per heavy atom. The number of nitrogens with two attached hydrogens (primary N) is 1. The highest BCUT2D eigenvalue weighted by atomic mass is 35.5. The molecule has 19 nitrogen and oxygen atoms in total. The van der Waals surface area contributed by atoms with Gasteiger partial charge in [-0.05, 0) is 99.2 Å². The SMILES string of the molecule is Cc1cccc(Cl)c1CC(=O)c1cnc(N)s1.Cc1nc(Cc2ncc(C(=O)Cc3c(C)cccc3Cl)s2)cc(N2CCN(CCO)CC2)n1.Cc1nc(Cl)cc(Cc2ncc(C(=O)Cc3c(C)cccc3Cl)s2)n1.Cc1nc(Cl)cc(Cl)n1.OCCN1CCNCC1. The van der Waals surface area contributed by atoms with E-state index >= 15 is 0 Å². The number of nitrogens with one attached hydrogen (secondary N) is 1. The lowest BCUT2D eigenvalue weighted by molar-refractivity contribution is 0.0988. The van der Waals surface area contributed by atoms with E-state index in [2.05, 4.69) is 64.9 Å². The number of aliphatic hydroxyl groups excluding tert-OH is 2. The average Bonchev–Trinajstić information content (AvgIpc) is 2.17. The second-order valence-electron chi connectivity index (χ2n) is 21.5. The standard InChI is InChI=1S/C24H28ClN5O2S.C18H15Cl2N3OS.C12H11ClN2OS.C6H14N2O.C5H4Cl2N2/c1-16-4-3-5-20(25)19(16)14-21(32)22-15-26-24(33-22)13-18-12-23(28-17(2)27-18)30-8-6-29(7-9-30)10-11-31;1-10-4-3-5-14(19)13(10)8-15(24)16-9-21-18(25-16)7-12-6-17(20)23-11(2)22-12;1-7-3-2-4-9(13)8(7)5-10(16)11-6-15-12(14)17-11;9-6-5-8-3-1-7-2-4-8;1-3-8-4(6)2-5(7)9-3/h3-5,12,15,31H,6-11,13-14H2,1-2H3;3-6,9H,7-8H2,1-2H3;2-4,6H,5H2,1H3,(H2,14,15);7,9H,1-6H2;2H,1H3. The molecule has 11 rings (SSSR count). The van der Waals surface area contributed by atoms with Gasteiger partial charge in [0, 0.05) is 137 Å². The maximum Gasteiger partial charge on any atom is 0.180 e. The highest BCUT2D eigenvalue weighted by Crippen LogP contribution is 2.28. The zero-order valence-corrected chi connectivity index (χ0v) is 59.2. The Morgan fingerprint density at radius 3 is 1.28 bits per heavy atom. The maximum absolute atomic E-state index is 12.8. The van der Waals surface area contributed by atoms with E-state index < -0.39 is 0 Å². The van der Waals surface area contributed by atoms with Crippen molar-refractivity contribution in [3.63, 3.8) is 0 Å². The van der Waals surface area contributed by atoms with Gasteiger partial charge in [-0.3, -0.25) is 24.2 Å². The Morgan fingerprint density at radius 1 is 0.495 bits per heavy atom. The summed E-state index contributed by atoms with van der Waals surface area (Å²) in [6.07, 6.45) is 6.68. The lowest BCUT2D eigenvalue weighted by Crippen LogP contribution is -2.47. The fourth-order valence-corrected chi connectivity index (χ4v) is 13.6. The summed E-state index contributed by atoms with van der Waals surface area (Å²) < 4.78 is 0. The van der Waals surface area contributed by atoms with E-state index in [-0.39, 0.29) is 43.2 Å². The van der Waals surface area contributed by atoms with E-state index in [4.69, 9.17) is 85.6 Å². The molecule has 0 amide bonds. The molecule has 3 aromatic carbocycles. The largest absolute Gasteiger partial charge is 0.395 e. The van der Waals surface area contributed by atoms with Crippen LogP contribution in [0, 0.1) is 41.5 Å². The molecular weight excluding hydrogens is 1370 g/mol. The first-order valence-corrected chi connectivity index (χ1v) is 34.3. The first-order chi connectivity index (χ1) is 44.5. The van der Waals surface area contributed by atoms with Crippen LogP contribution in [-0.2, 0) is 32.1 Å². The quantitative estimate of drug-likeness (QED) is 0.0460. The third-order valence-electron chi connectivity index (χ3n) is 14.4. The summed E-state index contributed by atoms with van der Waals surface area (Å²) in [5.41, 5.74) is 12.8. The van der Waals surface area contributed by atoms with Crippen molar-refractivity contribution in [2.24, 2.45) is 0 Å². The van der Waals surface area contributed by atoms with Crippen molar-refractivity contribution < 1.29 is 24.6 Å². The molecule has 28 heteroatoms. The summed E-state index contributed by atoms with van der Waals surface area (Å²) in [6, 6.07) is 22.1. The fraction of sp³-hybridized carbons (Fsp3) is 0.354. The molecule has 0 saturated carbocycles. The Kier molecular flexibility index (Phi) is 29.8. The zero-order chi connectivity index (χ0) is 67.1. The van der Waals surface area contributed by atoms with Crippen LogP contribution in [-0.4, -0.2) is 161 Å². The molecule has 5 N–H and O–H groups in total. The number of aliphatic hydroxyl groups is 2. The molecule has 0 spiro atoms. The van der Waals surface area contributed by atoms with Crippen LogP contribution >= 0.6 is 104 Å². The number of anilines is 2. The first kappa shape index (κ1) is 74.3. The molecule has 0 bridgehead atoms. The molecule has 2 aliphatic rings. The van der Waals surface area contributed by atoms with E-state index in [0.29, 0.717) is 87.9 Å². The number of aryl methyl sites for hydroxylation is 6. The van der Waals surface area contributed by atoms with Crippen molar-refractivity contribution in [2.45, 2.75) is 73.6 Å². The molecule has 2 saturated heterocycles. The van der Waals surface area contributed by atoms with Crippen molar-refractivity contribution in [2.75, 3.05) is 89.3 Å². The van der Waals surface area contributed by atoms with Gasteiger partial charge in [-0.1, -0.05) is 117 Å². The Bertz CT molecular complexity index is 3820. The first-order valence-electron chi connectivity index (χ1n) is 29.6. The summed E-state index contributed by atoms with van der Waals surface area (Å²) in [4.78, 5) is 83.9. The second kappa shape index (κ2) is 37.3. The number of benzene rings is 3. The van der Waals surface area contributed by atoms with Crippen LogP contribution in [0.2, 0.25) is 30.5 Å². The number of ketones is 3. The number of halogens is 6. The van der Waals surface area contributed by atoms with E-state index in [1.807, 2.05) is 76.2 Å². The topological polar surface area (TPSA) is 255 Å². The Hall–Kier alpha value is -6.06. The number of hydrogen-bond donors (Lipinski definition) is 4. The molecule has 492 valence electrons. The summed E-state index contributed by atoms with van der Waals surface area (Å²) in [5.74, 6) is 2.88. The van der Waals surface area contributed by atoms with Gasteiger partial charge in [0.25, 0.3) is 0 Å². The summed E-state index contributed by atoms with van der Waals surface area (Å²) >= 11 is 39.6. The molecule has 2 aliphatic heterocycles. The van der Waals surface area contributed by atoms with Crippen molar-refractivity contribution in [1.82, 2.24) is 60.0 Å². The lowest BCUT2D eigenvalue weighted by Gasteiger charge is -2.35. The Labute approximate surface area is 583 Å². The molecule has 93 heavy (non-hydrogen) atoms. The van der Waals surface area contributed by atoms with Crippen LogP contribution in [0.5, 0.6) is 0 Å². The van der Waals surface area contributed by atoms with Crippen LogP contribution in [0.25, 0.3) is 0 Å². The van der Waals surface area contributed by atoms with Gasteiger partial charge in [0.05, 0.1) is 55.4 Å². The van der Waals surface area contributed by atoms with Gasteiger partial charge in [-0.2, -0.15) is 0 Å². The van der Waals surface area contributed by atoms with Crippen LogP contribution < -0.4 is 16.0 Å². The predicted octanol–water partition coefficient (Wildman–Crippen LogP) is 12.3. The van der Waals surface area contributed by atoms with Gasteiger partial charge >= 0.3 is 0 Å². The maximum atomic E-state index is 12.8. The van der Waals surface area contributed by atoms with Crippen molar-refractivity contribution >= 4 is 132 Å². The fourth-order valence-electron chi connectivity index (χ4n) is 9.64. The molecule has 0 atom stereocenters. The van der Waals surface area contributed by atoms with Gasteiger partial charge in [0.2, 0.25) is 0 Å². The third-order valence-corrected chi connectivity index (χ3v) is 19.0. The minimum absolute atomic E-state index is 0.00426. The smallest absolute Gasteiger partial charge is 0.180 e. The van der Waals surface area contributed by atoms with E-state index in [9.17, 15) is 14.4 Å². The average molecular weight is 1440 g/mol. The highest BCUT2D eigenvalue weighted by molar-refractivity contribution is 7.17. The number of Topliss-reactive ketones (excluding diaryl/α,β-unsaturated/α-hetero) is 3. The number of carbonyl (C=O) groups is 3. The van der Waals surface area contributed by atoms with Gasteiger partial charge in [0.1, 0.15) is 38.8 Å². The number of nitrogen functional groups attached to an aromatic ring is 1. The van der Waals surface area contributed by atoms with Crippen LogP contribution in [0.15, 0.2) is 91.4 Å². The molecule has 6 aromatic heterocycles. The summed E-state index contributed by atoms with van der Waals surface area (Å²) in [5, 5.41) is 26.0. The number of aromatic nitrogens is 9. The van der Waals surface area contributed by atoms with Gasteiger partial charge < -0.3 is 26.2 Å². The van der Waals surface area contributed by atoms with E-state index in [1.54, 1.807) is 44.4 Å². The molecule has 0 aliphatic carbocycles. The van der Waals surface area contributed by atoms with Crippen LogP contribution in [0.3, 0.4) is 0 Å². The van der Waals surface area contributed by atoms with E-state index in [0.717, 1.165) is 125 Å². The lowest BCUT2D eigenvalue weighted by atomic mass is 10.0. The third kappa shape index (κ3) is 24.0. The minimum Gasteiger partial charge on any atom is -0.395 e. The number of nitrogens with zero attached hydrogens (tertiary/aromatic N) is 12. The highest BCUT2D eigenvalue weighted by Gasteiger charge is 2.22.